The Kier molecular flexibility index (Phi) is 7.61. The maximum atomic E-state index is 12.6. The lowest BCUT2D eigenvalue weighted by Crippen LogP contribution is -2.38. The van der Waals surface area contributed by atoms with Crippen LogP contribution in [-0.4, -0.2) is 44.3 Å². The molecule has 0 radical (unpaired) electrons. The molecule has 1 aromatic rings. The van der Waals surface area contributed by atoms with Crippen LogP contribution in [-0.2, 0) is 4.79 Å². The highest BCUT2D eigenvalue weighted by Crippen LogP contribution is 2.23. The molecule has 0 aliphatic heterocycles. The van der Waals surface area contributed by atoms with E-state index in [1.54, 1.807) is 18.2 Å². The predicted octanol–water partition coefficient (Wildman–Crippen LogP) is 3.91. The maximum Gasteiger partial charge on any atom is 0.406 e. The van der Waals surface area contributed by atoms with Crippen LogP contribution in [0.2, 0.25) is 0 Å². The van der Waals surface area contributed by atoms with E-state index in [2.05, 4.69) is 0 Å². The van der Waals surface area contributed by atoms with Gasteiger partial charge in [0.25, 0.3) is 0 Å². The zero-order valence-corrected chi connectivity index (χ0v) is 14.0. The molecule has 0 aliphatic carbocycles. The Morgan fingerprint density at radius 1 is 1.17 bits per heavy atom. The van der Waals surface area contributed by atoms with Crippen LogP contribution in [0.4, 0.5) is 13.2 Å². The van der Waals surface area contributed by atoms with Gasteiger partial charge in [-0.15, -0.1) is 0 Å². The van der Waals surface area contributed by atoms with E-state index in [1.165, 1.54) is 20.3 Å². The molecule has 0 heterocycles. The van der Waals surface area contributed by atoms with Crippen LogP contribution in [0.25, 0.3) is 6.08 Å². The molecular formula is C17H22F3NO3. The third-order valence-electron chi connectivity index (χ3n) is 3.26. The highest BCUT2D eigenvalue weighted by molar-refractivity contribution is 5.92. The van der Waals surface area contributed by atoms with Gasteiger partial charge in [-0.25, -0.2) is 0 Å². The Hall–Kier alpha value is -2.18. The number of rotatable bonds is 8. The smallest absolute Gasteiger partial charge is 0.406 e. The van der Waals surface area contributed by atoms with E-state index in [9.17, 15) is 18.0 Å². The topological polar surface area (TPSA) is 38.8 Å². The summed E-state index contributed by atoms with van der Waals surface area (Å²) in [6, 6.07) is 4.98. The van der Waals surface area contributed by atoms with Crippen molar-refractivity contribution in [3.8, 4) is 11.5 Å². The molecule has 0 aromatic heterocycles. The fraction of sp³-hybridized carbons (Fsp3) is 0.471. The average Bonchev–Trinajstić information content (AvgIpc) is 2.54. The van der Waals surface area contributed by atoms with Crippen molar-refractivity contribution in [3.05, 3.63) is 29.8 Å². The highest BCUT2D eigenvalue weighted by atomic mass is 19.4. The first kappa shape index (κ1) is 19.9. The molecule has 24 heavy (non-hydrogen) atoms. The van der Waals surface area contributed by atoms with E-state index in [4.69, 9.17) is 9.47 Å². The molecule has 0 unspecified atom stereocenters. The molecule has 0 saturated carbocycles. The van der Waals surface area contributed by atoms with Crippen molar-refractivity contribution >= 4 is 12.0 Å². The van der Waals surface area contributed by atoms with Crippen LogP contribution >= 0.6 is 0 Å². The number of hydrogen-bond acceptors (Lipinski definition) is 3. The molecule has 1 aromatic carbocycles. The Bertz CT molecular complexity index is 548. The lowest BCUT2D eigenvalue weighted by atomic mass is 10.2. The second-order valence-electron chi connectivity index (χ2n) is 5.21. The summed E-state index contributed by atoms with van der Waals surface area (Å²) in [4.78, 5) is 12.9. The highest BCUT2D eigenvalue weighted by Gasteiger charge is 2.32. The predicted molar refractivity (Wildman–Crippen MR) is 86.1 cm³/mol. The van der Waals surface area contributed by atoms with Crippen molar-refractivity contribution in [3.63, 3.8) is 0 Å². The van der Waals surface area contributed by atoms with Crippen LogP contribution in [0.3, 0.4) is 0 Å². The van der Waals surface area contributed by atoms with Crippen molar-refractivity contribution in [2.45, 2.75) is 25.9 Å². The van der Waals surface area contributed by atoms with Crippen molar-refractivity contribution in [1.82, 2.24) is 4.90 Å². The minimum Gasteiger partial charge on any atom is -0.497 e. The fourth-order valence-corrected chi connectivity index (χ4v) is 2.03. The number of amides is 1. The Balaban J connectivity index is 2.90. The number of hydrogen-bond donors (Lipinski definition) is 0. The number of nitrogens with zero attached hydrogens (tertiary/aromatic N) is 1. The number of benzene rings is 1. The van der Waals surface area contributed by atoms with E-state index in [-0.39, 0.29) is 6.54 Å². The van der Waals surface area contributed by atoms with Gasteiger partial charge in [-0.1, -0.05) is 13.3 Å². The number of methoxy groups -OCH3 is 2. The van der Waals surface area contributed by atoms with Gasteiger partial charge in [0, 0.05) is 18.7 Å². The molecule has 134 valence electrons. The zero-order chi connectivity index (χ0) is 18.2. The van der Waals surface area contributed by atoms with Crippen molar-refractivity contribution < 1.29 is 27.4 Å². The number of carbonyl (C=O) groups excluding carboxylic acids is 1. The number of ether oxygens (including phenoxy) is 2. The van der Waals surface area contributed by atoms with Gasteiger partial charge in [-0.2, -0.15) is 13.2 Å². The lowest BCUT2D eigenvalue weighted by molar-refractivity contribution is -0.158. The van der Waals surface area contributed by atoms with Gasteiger partial charge in [0.1, 0.15) is 18.0 Å². The third-order valence-corrected chi connectivity index (χ3v) is 3.26. The molecule has 0 spiro atoms. The molecule has 1 amide bonds. The second kappa shape index (κ2) is 9.20. The Labute approximate surface area is 139 Å². The lowest BCUT2D eigenvalue weighted by Gasteiger charge is -2.22. The molecule has 0 bridgehead atoms. The van der Waals surface area contributed by atoms with Crippen LogP contribution < -0.4 is 9.47 Å². The quantitative estimate of drug-likeness (QED) is 0.671. The SMILES string of the molecule is CCCCN(CC(F)(F)F)C(=O)/C=C/c1cc(OC)cc(OC)c1. The molecule has 1 rings (SSSR count). The van der Waals surface area contributed by atoms with Crippen molar-refractivity contribution in [2.24, 2.45) is 0 Å². The summed E-state index contributed by atoms with van der Waals surface area (Å²) in [7, 11) is 2.98. The summed E-state index contributed by atoms with van der Waals surface area (Å²) in [5.41, 5.74) is 0.599. The second-order valence-corrected chi connectivity index (χ2v) is 5.21. The van der Waals surface area contributed by atoms with Crippen LogP contribution in [0.15, 0.2) is 24.3 Å². The van der Waals surface area contributed by atoms with Gasteiger partial charge >= 0.3 is 6.18 Å². The summed E-state index contributed by atoms with van der Waals surface area (Å²) in [6.07, 6.45) is -0.615. The largest absolute Gasteiger partial charge is 0.497 e. The van der Waals surface area contributed by atoms with Gasteiger partial charge in [0.05, 0.1) is 14.2 Å². The van der Waals surface area contributed by atoms with Crippen molar-refractivity contribution in [2.75, 3.05) is 27.3 Å². The van der Waals surface area contributed by atoms with E-state index in [0.29, 0.717) is 29.9 Å². The standard InChI is InChI=1S/C17H22F3NO3/c1-4-5-8-21(12-17(18,19)20)16(22)7-6-13-9-14(23-2)11-15(10-13)24-3/h6-7,9-11H,4-5,8,12H2,1-3H3/b7-6+. The normalized spacial score (nSPS) is 11.6. The van der Waals surface area contributed by atoms with E-state index >= 15 is 0 Å². The summed E-state index contributed by atoms with van der Waals surface area (Å²) in [5.74, 6) is 0.377. The summed E-state index contributed by atoms with van der Waals surface area (Å²) in [5, 5.41) is 0. The van der Waals surface area contributed by atoms with Crippen LogP contribution in [0.1, 0.15) is 25.3 Å². The summed E-state index contributed by atoms with van der Waals surface area (Å²) in [6.45, 7) is 0.673. The molecule has 0 atom stereocenters. The van der Waals surface area contributed by atoms with E-state index < -0.39 is 18.6 Å². The summed E-state index contributed by atoms with van der Waals surface area (Å²) < 4.78 is 48.0. The number of carbonyl (C=O) groups is 1. The van der Waals surface area contributed by atoms with Gasteiger partial charge in [0.2, 0.25) is 5.91 Å². The first-order chi connectivity index (χ1) is 11.3. The van der Waals surface area contributed by atoms with Crippen LogP contribution in [0.5, 0.6) is 11.5 Å². The molecule has 0 N–H and O–H groups in total. The number of alkyl halides is 3. The first-order valence-corrected chi connectivity index (χ1v) is 7.56. The average molecular weight is 345 g/mol. The number of unbranched alkanes of at least 4 members (excludes halogenated alkanes) is 1. The fourth-order valence-electron chi connectivity index (χ4n) is 2.03. The van der Waals surface area contributed by atoms with Gasteiger partial charge in [-0.05, 0) is 30.2 Å². The van der Waals surface area contributed by atoms with E-state index in [1.807, 2.05) is 6.92 Å². The molecule has 0 saturated heterocycles. The third kappa shape index (κ3) is 6.93. The molecule has 7 heteroatoms. The van der Waals surface area contributed by atoms with Crippen LogP contribution in [0, 0.1) is 0 Å². The number of halogens is 3. The van der Waals surface area contributed by atoms with Gasteiger partial charge in [-0.3, -0.25) is 4.79 Å². The first-order valence-electron chi connectivity index (χ1n) is 7.56. The van der Waals surface area contributed by atoms with Crippen molar-refractivity contribution in [1.29, 1.82) is 0 Å². The Morgan fingerprint density at radius 2 is 1.75 bits per heavy atom. The zero-order valence-electron chi connectivity index (χ0n) is 14.0. The van der Waals surface area contributed by atoms with Gasteiger partial charge in [0.15, 0.2) is 0 Å². The maximum absolute atomic E-state index is 12.6. The molecular weight excluding hydrogens is 323 g/mol. The van der Waals surface area contributed by atoms with E-state index in [0.717, 1.165) is 11.0 Å². The molecule has 0 aliphatic rings. The molecule has 4 nitrogen and oxygen atoms in total. The summed E-state index contributed by atoms with van der Waals surface area (Å²) >= 11 is 0. The van der Waals surface area contributed by atoms with Gasteiger partial charge < -0.3 is 14.4 Å². The molecule has 0 fully saturated rings. The Morgan fingerprint density at radius 3 is 2.21 bits per heavy atom. The minimum absolute atomic E-state index is 0.0701. The minimum atomic E-state index is -4.42. The monoisotopic (exact) mass is 345 g/mol.